The van der Waals surface area contributed by atoms with Gasteiger partial charge in [0.25, 0.3) is 0 Å². The Hall–Kier alpha value is -3.06. The second kappa shape index (κ2) is 6.82. The summed E-state index contributed by atoms with van der Waals surface area (Å²) in [6.07, 6.45) is 0.906. The van der Waals surface area contributed by atoms with Gasteiger partial charge in [0.2, 0.25) is 0 Å². The lowest BCUT2D eigenvalue weighted by Gasteiger charge is -2.13. The first-order valence-electron chi connectivity index (χ1n) is 8.54. The molecule has 122 valence electrons. The Labute approximate surface area is 148 Å². The van der Waals surface area contributed by atoms with Crippen LogP contribution in [0, 0.1) is 0 Å². The van der Waals surface area contributed by atoms with Gasteiger partial charge in [-0.05, 0) is 51.6 Å². The number of rotatable bonds is 4. The monoisotopic (exact) mass is 324 g/mol. The second-order valence-corrected chi connectivity index (χ2v) is 6.21. The van der Waals surface area contributed by atoms with E-state index in [0.717, 1.165) is 12.2 Å². The van der Waals surface area contributed by atoms with Gasteiger partial charge in [0.05, 0.1) is 7.11 Å². The highest BCUT2D eigenvalue weighted by Gasteiger charge is 2.09. The molecule has 0 spiro atoms. The zero-order chi connectivity index (χ0) is 17.1. The van der Waals surface area contributed by atoms with Crippen LogP contribution in [0.25, 0.3) is 21.9 Å². The zero-order valence-electron chi connectivity index (χ0n) is 14.3. The third-order valence-electron chi connectivity index (χ3n) is 4.65. The molecule has 4 rings (SSSR count). The van der Waals surface area contributed by atoms with E-state index in [1.165, 1.54) is 33.0 Å². The van der Waals surface area contributed by atoms with Crippen molar-refractivity contribution in [3.8, 4) is 16.9 Å². The van der Waals surface area contributed by atoms with Gasteiger partial charge in [0.15, 0.2) is 0 Å². The fraction of sp³-hybridized carbons (Fsp3) is 0.0833. The lowest BCUT2D eigenvalue weighted by molar-refractivity contribution is 0.414. The molecule has 4 aromatic carbocycles. The maximum absolute atomic E-state index is 5.26. The molecule has 0 aliphatic carbocycles. The lowest BCUT2D eigenvalue weighted by atomic mass is 9.92. The molecule has 0 heterocycles. The Kier molecular flexibility index (Phi) is 4.22. The molecule has 1 nitrogen and oxygen atoms in total. The van der Waals surface area contributed by atoms with Crippen LogP contribution in [0.2, 0.25) is 0 Å². The zero-order valence-corrected chi connectivity index (χ0v) is 14.3. The Morgan fingerprint density at radius 3 is 2.16 bits per heavy atom. The number of ether oxygens (including phenoxy) is 1. The molecule has 4 aromatic rings. The molecule has 0 radical (unpaired) electrons. The highest BCUT2D eigenvalue weighted by atomic mass is 16.5. The number of fused-ring (bicyclic) bond motifs is 1. The van der Waals surface area contributed by atoms with Gasteiger partial charge in [0.1, 0.15) is 5.75 Å². The van der Waals surface area contributed by atoms with Crippen molar-refractivity contribution in [2.75, 3.05) is 7.11 Å². The minimum atomic E-state index is 0.895. The van der Waals surface area contributed by atoms with Crippen molar-refractivity contribution in [1.29, 1.82) is 0 Å². The summed E-state index contributed by atoms with van der Waals surface area (Å²) in [5.74, 6) is 0.895. The molecule has 0 saturated heterocycles. The molecule has 0 atom stereocenters. The summed E-state index contributed by atoms with van der Waals surface area (Å²) in [5, 5.41) is 2.58. The average Bonchev–Trinajstić information content (AvgIpc) is 2.69. The highest BCUT2D eigenvalue weighted by molar-refractivity contribution is 5.97. The molecule has 25 heavy (non-hydrogen) atoms. The Bertz CT molecular complexity index is 994. The van der Waals surface area contributed by atoms with Crippen LogP contribution < -0.4 is 4.74 Å². The van der Waals surface area contributed by atoms with Gasteiger partial charge in [-0.15, -0.1) is 0 Å². The van der Waals surface area contributed by atoms with Crippen molar-refractivity contribution in [2.24, 2.45) is 0 Å². The molecule has 0 unspecified atom stereocenters. The molecule has 0 aromatic heterocycles. The fourth-order valence-corrected chi connectivity index (χ4v) is 3.36. The van der Waals surface area contributed by atoms with Crippen LogP contribution in [-0.2, 0) is 6.42 Å². The molecule has 1 heteroatoms. The van der Waals surface area contributed by atoms with Crippen molar-refractivity contribution < 1.29 is 4.74 Å². The standard InChI is InChI=1S/C24H20O/c1-25-21-15-13-18(14-16-21)17-20-8-3-5-11-23(20)24-12-6-9-19-7-2-4-10-22(19)24/h2-16H,17H2,1H3. The van der Waals surface area contributed by atoms with Gasteiger partial charge in [-0.2, -0.15) is 0 Å². The minimum absolute atomic E-state index is 0.895. The van der Waals surface area contributed by atoms with Gasteiger partial charge in [-0.1, -0.05) is 78.9 Å². The summed E-state index contributed by atoms with van der Waals surface area (Å²) >= 11 is 0. The predicted molar refractivity (Wildman–Crippen MR) is 105 cm³/mol. The van der Waals surface area contributed by atoms with E-state index in [2.05, 4.69) is 78.9 Å². The van der Waals surface area contributed by atoms with Crippen LogP contribution in [0.4, 0.5) is 0 Å². The van der Waals surface area contributed by atoms with Crippen LogP contribution in [0.3, 0.4) is 0 Å². The number of methoxy groups -OCH3 is 1. The van der Waals surface area contributed by atoms with E-state index < -0.39 is 0 Å². The molecule has 0 amide bonds. The van der Waals surface area contributed by atoms with Crippen LogP contribution in [0.1, 0.15) is 11.1 Å². The summed E-state index contributed by atoms with van der Waals surface area (Å²) in [4.78, 5) is 0. The van der Waals surface area contributed by atoms with Crippen LogP contribution in [0.15, 0.2) is 91.0 Å². The first-order valence-corrected chi connectivity index (χ1v) is 8.54. The summed E-state index contributed by atoms with van der Waals surface area (Å²) in [6.45, 7) is 0. The smallest absolute Gasteiger partial charge is 0.118 e. The fourth-order valence-electron chi connectivity index (χ4n) is 3.36. The van der Waals surface area contributed by atoms with Crippen LogP contribution in [0.5, 0.6) is 5.75 Å². The van der Waals surface area contributed by atoms with E-state index in [4.69, 9.17) is 4.74 Å². The molecule has 0 aliphatic rings. The van der Waals surface area contributed by atoms with E-state index in [-0.39, 0.29) is 0 Å². The third-order valence-corrected chi connectivity index (χ3v) is 4.65. The molecular weight excluding hydrogens is 304 g/mol. The molecule has 0 aliphatic heterocycles. The van der Waals surface area contributed by atoms with Crippen molar-refractivity contribution in [3.63, 3.8) is 0 Å². The first kappa shape index (κ1) is 15.5. The van der Waals surface area contributed by atoms with Crippen molar-refractivity contribution in [2.45, 2.75) is 6.42 Å². The molecule has 0 fully saturated rings. The van der Waals surface area contributed by atoms with Gasteiger partial charge >= 0.3 is 0 Å². The predicted octanol–water partition coefficient (Wildman–Crippen LogP) is 6.11. The minimum Gasteiger partial charge on any atom is -0.497 e. The van der Waals surface area contributed by atoms with Gasteiger partial charge in [-0.3, -0.25) is 0 Å². The Morgan fingerprint density at radius 1 is 0.640 bits per heavy atom. The number of benzene rings is 4. The van der Waals surface area contributed by atoms with Crippen molar-refractivity contribution >= 4 is 10.8 Å². The molecular formula is C24H20O. The van der Waals surface area contributed by atoms with Crippen LogP contribution >= 0.6 is 0 Å². The average molecular weight is 324 g/mol. The van der Waals surface area contributed by atoms with Gasteiger partial charge < -0.3 is 4.74 Å². The molecule has 0 N–H and O–H groups in total. The Balaban J connectivity index is 1.78. The molecule has 0 bridgehead atoms. The van der Waals surface area contributed by atoms with Gasteiger partial charge in [0, 0.05) is 0 Å². The maximum atomic E-state index is 5.26. The summed E-state index contributed by atoms with van der Waals surface area (Å²) < 4.78 is 5.26. The van der Waals surface area contributed by atoms with E-state index in [0.29, 0.717) is 0 Å². The first-order chi connectivity index (χ1) is 12.3. The number of hydrogen-bond donors (Lipinski definition) is 0. The van der Waals surface area contributed by atoms with Crippen molar-refractivity contribution in [3.05, 3.63) is 102 Å². The quantitative estimate of drug-likeness (QED) is 0.440. The van der Waals surface area contributed by atoms with E-state index in [1.54, 1.807) is 7.11 Å². The second-order valence-electron chi connectivity index (χ2n) is 6.21. The summed E-state index contributed by atoms with van der Waals surface area (Å²) in [5.41, 5.74) is 5.22. The van der Waals surface area contributed by atoms with Crippen LogP contribution in [-0.4, -0.2) is 7.11 Å². The maximum Gasteiger partial charge on any atom is 0.118 e. The third kappa shape index (κ3) is 3.14. The van der Waals surface area contributed by atoms with Gasteiger partial charge in [-0.25, -0.2) is 0 Å². The summed E-state index contributed by atoms with van der Waals surface area (Å²) in [7, 11) is 1.70. The number of hydrogen-bond acceptors (Lipinski definition) is 1. The van der Waals surface area contributed by atoms with E-state index in [9.17, 15) is 0 Å². The van der Waals surface area contributed by atoms with E-state index in [1.807, 2.05) is 12.1 Å². The largest absolute Gasteiger partial charge is 0.497 e. The molecule has 0 saturated carbocycles. The topological polar surface area (TPSA) is 9.23 Å². The lowest BCUT2D eigenvalue weighted by Crippen LogP contribution is -1.93. The SMILES string of the molecule is COc1ccc(Cc2ccccc2-c2cccc3ccccc23)cc1. The highest BCUT2D eigenvalue weighted by Crippen LogP contribution is 2.32. The van der Waals surface area contributed by atoms with E-state index >= 15 is 0 Å². The normalized spacial score (nSPS) is 10.8. The van der Waals surface area contributed by atoms with Crippen molar-refractivity contribution in [1.82, 2.24) is 0 Å². The Morgan fingerprint density at radius 2 is 1.32 bits per heavy atom. The summed E-state index contributed by atoms with van der Waals surface area (Å²) in [6, 6.07) is 32.1.